The summed E-state index contributed by atoms with van der Waals surface area (Å²) in [5.41, 5.74) is 0. The summed E-state index contributed by atoms with van der Waals surface area (Å²) in [5, 5.41) is 0. The van der Waals surface area contributed by atoms with Crippen LogP contribution in [-0.2, 0) is 4.74 Å². The van der Waals surface area contributed by atoms with Crippen LogP contribution < -0.4 is 0 Å². The van der Waals surface area contributed by atoms with E-state index in [0.717, 1.165) is 13.0 Å². The van der Waals surface area contributed by atoms with Crippen LogP contribution in [0.2, 0.25) is 0 Å². The molecule has 0 amide bonds. The molecule has 10 heavy (non-hydrogen) atoms. The third-order valence-electron chi connectivity index (χ3n) is 2.11. The molecule has 0 aromatic heterocycles. The Kier molecular flexibility index (Phi) is 3.81. The number of ether oxygens (including phenoxy) is 1. The molecule has 1 fully saturated rings. The standard InChI is InChI=1S/C9H18O/c1-2-8-10-9-6-4-3-5-7-9/h9H,2-8H2,1H3. The second kappa shape index (κ2) is 4.73. The lowest BCUT2D eigenvalue weighted by Crippen LogP contribution is -2.16. The fourth-order valence-electron chi connectivity index (χ4n) is 1.52. The average Bonchev–Trinajstić information content (AvgIpc) is 2.03. The molecule has 60 valence electrons. The van der Waals surface area contributed by atoms with Gasteiger partial charge in [0.2, 0.25) is 0 Å². The first kappa shape index (κ1) is 8.06. The largest absolute Gasteiger partial charge is 0.378 e. The van der Waals surface area contributed by atoms with Gasteiger partial charge >= 0.3 is 0 Å². The van der Waals surface area contributed by atoms with E-state index in [-0.39, 0.29) is 0 Å². The van der Waals surface area contributed by atoms with Crippen LogP contribution in [0.1, 0.15) is 45.4 Å². The van der Waals surface area contributed by atoms with Crippen molar-refractivity contribution in [2.75, 3.05) is 6.61 Å². The topological polar surface area (TPSA) is 9.23 Å². The van der Waals surface area contributed by atoms with Crippen molar-refractivity contribution in [2.24, 2.45) is 0 Å². The van der Waals surface area contributed by atoms with Crippen molar-refractivity contribution in [3.8, 4) is 0 Å². The minimum atomic E-state index is 0.605. The maximum Gasteiger partial charge on any atom is 0.0575 e. The Morgan fingerprint density at radius 1 is 1.20 bits per heavy atom. The van der Waals surface area contributed by atoms with Crippen LogP contribution in [0.15, 0.2) is 0 Å². The Morgan fingerprint density at radius 2 is 1.90 bits per heavy atom. The van der Waals surface area contributed by atoms with E-state index in [9.17, 15) is 0 Å². The summed E-state index contributed by atoms with van der Waals surface area (Å²) in [4.78, 5) is 0. The molecule has 0 atom stereocenters. The zero-order valence-electron chi connectivity index (χ0n) is 6.94. The fraction of sp³-hybridized carbons (Fsp3) is 1.00. The van der Waals surface area contributed by atoms with Gasteiger partial charge in [0.15, 0.2) is 0 Å². The van der Waals surface area contributed by atoms with E-state index >= 15 is 0 Å². The highest BCUT2D eigenvalue weighted by molar-refractivity contribution is 4.64. The molecule has 1 heteroatoms. The summed E-state index contributed by atoms with van der Waals surface area (Å²) in [6, 6.07) is 0. The highest BCUT2D eigenvalue weighted by Gasteiger charge is 2.12. The summed E-state index contributed by atoms with van der Waals surface area (Å²) >= 11 is 0. The van der Waals surface area contributed by atoms with Gasteiger partial charge in [-0.1, -0.05) is 26.2 Å². The van der Waals surface area contributed by atoms with Crippen molar-refractivity contribution in [3.63, 3.8) is 0 Å². The van der Waals surface area contributed by atoms with Crippen LogP contribution in [0.5, 0.6) is 0 Å². The molecule has 1 aliphatic rings. The Labute approximate surface area is 63.8 Å². The van der Waals surface area contributed by atoms with E-state index in [1.807, 2.05) is 0 Å². The predicted molar refractivity (Wildman–Crippen MR) is 43.1 cm³/mol. The molecule has 0 bridgehead atoms. The van der Waals surface area contributed by atoms with Crippen molar-refractivity contribution >= 4 is 0 Å². The highest BCUT2D eigenvalue weighted by Crippen LogP contribution is 2.20. The van der Waals surface area contributed by atoms with Gasteiger partial charge in [-0.05, 0) is 19.3 Å². The minimum Gasteiger partial charge on any atom is -0.378 e. The normalized spacial score (nSPS) is 21.3. The molecular weight excluding hydrogens is 124 g/mol. The Hall–Kier alpha value is -0.0400. The molecule has 0 aromatic carbocycles. The summed E-state index contributed by atoms with van der Waals surface area (Å²) in [7, 11) is 0. The van der Waals surface area contributed by atoms with Crippen LogP contribution in [0.3, 0.4) is 0 Å². The molecule has 0 radical (unpaired) electrons. The zero-order valence-corrected chi connectivity index (χ0v) is 6.94. The highest BCUT2D eigenvalue weighted by atomic mass is 16.5. The van der Waals surface area contributed by atoms with E-state index in [2.05, 4.69) is 6.92 Å². The van der Waals surface area contributed by atoms with Crippen molar-refractivity contribution in [3.05, 3.63) is 0 Å². The first-order valence-corrected chi connectivity index (χ1v) is 4.55. The minimum absolute atomic E-state index is 0.605. The van der Waals surface area contributed by atoms with Gasteiger partial charge in [-0.15, -0.1) is 0 Å². The lowest BCUT2D eigenvalue weighted by atomic mass is 9.98. The van der Waals surface area contributed by atoms with Crippen LogP contribution >= 0.6 is 0 Å². The summed E-state index contributed by atoms with van der Waals surface area (Å²) in [6.07, 6.45) is 8.57. The molecule has 1 rings (SSSR count). The van der Waals surface area contributed by atoms with Gasteiger partial charge in [-0.25, -0.2) is 0 Å². The molecule has 0 heterocycles. The summed E-state index contributed by atoms with van der Waals surface area (Å²) in [5.74, 6) is 0. The fourth-order valence-corrected chi connectivity index (χ4v) is 1.52. The van der Waals surface area contributed by atoms with Gasteiger partial charge in [0.05, 0.1) is 6.10 Å². The zero-order chi connectivity index (χ0) is 7.23. The molecule has 1 nitrogen and oxygen atoms in total. The predicted octanol–water partition coefficient (Wildman–Crippen LogP) is 2.75. The molecule has 0 N–H and O–H groups in total. The van der Waals surface area contributed by atoms with Gasteiger partial charge < -0.3 is 4.74 Å². The number of hydrogen-bond donors (Lipinski definition) is 0. The monoisotopic (exact) mass is 142 g/mol. The van der Waals surface area contributed by atoms with Crippen molar-refractivity contribution in [1.29, 1.82) is 0 Å². The van der Waals surface area contributed by atoms with Gasteiger partial charge in [-0.3, -0.25) is 0 Å². The molecule has 0 aromatic rings. The molecular formula is C9H18O. The molecule has 1 aliphatic carbocycles. The molecule has 0 aliphatic heterocycles. The molecule has 0 spiro atoms. The van der Waals surface area contributed by atoms with Crippen LogP contribution in [0.4, 0.5) is 0 Å². The van der Waals surface area contributed by atoms with E-state index in [1.54, 1.807) is 0 Å². The quantitative estimate of drug-likeness (QED) is 0.588. The van der Waals surface area contributed by atoms with E-state index in [0.29, 0.717) is 6.10 Å². The number of hydrogen-bond acceptors (Lipinski definition) is 1. The van der Waals surface area contributed by atoms with Crippen LogP contribution in [-0.4, -0.2) is 12.7 Å². The first-order valence-electron chi connectivity index (χ1n) is 4.55. The Morgan fingerprint density at radius 3 is 2.50 bits per heavy atom. The Balaban J connectivity index is 2.02. The second-order valence-corrected chi connectivity index (χ2v) is 3.13. The molecule has 0 unspecified atom stereocenters. The lowest BCUT2D eigenvalue weighted by Gasteiger charge is -2.21. The van der Waals surface area contributed by atoms with Crippen molar-refractivity contribution in [1.82, 2.24) is 0 Å². The first-order chi connectivity index (χ1) is 4.93. The lowest BCUT2D eigenvalue weighted by molar-refractivity contribution is 0.0289. The van der Waals surface area contributed by atoms with E-state index in [1.165, 1.54) is 32.1 Å². The smallest absolute Gasteiger partial charge is 0.0575 e. The molecule has 1 saturated carbocycles. The van der Waals surface area contributed by atoms with Crippen molar-refractivity contribution in [2.45, 2.75) is 51.6 Å². The maximum atomic E-state index is 5.63. The van der Waals surface area contributed by atoms with Gasteiger partial charge in [-0.2, -0.15) is 0 Å². The van der Waals surface area contributed by atoms with Crippen LogP contribution in [0.25, 0.3) is 0 Å². The van der Waals surface area contributed by atoms with Gasteiger partial charge in [0.1, 0.15) is 0 Å². The summed E-state index contributed by atoms with van der Waals surface area (Å²) < 4.78 is 5.63. The van der Waals surface area contributed by atoms with E-state index in [4.69, 9.17) is 4.74 Å². The Bertz CT molecular complexity index is 74.8. The number of rotatable bonds is 3. The van der Waals surface area contributed by atoms with E-state index < -0.39 is 0 Å². The summed E-state index contributed by atoms with van der Waals surface area (Å²) in [6.45, 7) is 3.13. The van der Waals surface area contributed by atoms with Gasteiger partial charge in [0, 0.05) is 6.61 Å². The average molecular weight is 142 g/mol. The maximum absolute atomic E-state index is 5.63. The second-order valence-electron chi connectivity index (χ2n) is 3.13. The van der Waals surface area contributed by atoms with Crippen LogP contribution in [0, 0.1) is 0 Å². The van der Waals surface area contributed by atoms with Gasteiger partial charge in [0.25, 0.3) is 0 Å². The third-order valence-corrected chi connectivity index (χ3v) is 2.11. The third kappa shape index (κ3) is 2.70. The van der Waals surface area contributed by atoms with Crippen molar-refractivity contribution < 1.29 is 4.74 Å². The molecule has 0 saturated heterocycles. The SMILES string of the molecule is CCCOC1CCCCC1.